The Morgan fingerprint density at radius 3 is 2.61 bits per heavy atom. The highest BCUT2D eigenvalue weighted by Crippen LogP contribution is 2.45. The number of alkyl halides is 5. The molecule has 4 aromatic rings. The first-order valence-corrected chi connectivity index (χ1v) is 15.6. The first kappa shape index (κ1) is 30.9. The summed E-state index contributed by atoms with van der Waals surface area (Å²) >= 11 is 0. The molecule has 1 saturated carbocycles. The summed E-state index contributed by atoms with van der Waals surface area (Å²) in [4.78, 5) is 19.4. The summed E-state index contributed by atoms with van der Waals surface area (Å²) in [7, 11) is 0. The van der Waals surface area contributed by atoms with Crippen molar-refractivity contribution in [3.8, 4) is 17.1 Å². The Morgan fingerprint density at radius 1 is 1.09 bits per heavy atom. The Hall–Kier alpha value is -3.69. The molecule has 7 rings (SSSR count). The zero-order chi connectivity index (χ0) is 32.1. The minimum absolute atomic E-state index is 0.0160. The molecular weight excluding hydrogens is 609 g/mol. The first-order chi connectivity index (χ1) is 22.0. The SMILES string of the molecule is NCC1(Cn2cc(-c3ncnc4[nH]ccc34)cn2)CC(N2CCC(Oc3cc(CN4CCC(F)(F)C4)cc(C(F)(F)F)n3)CC2)C1. The first-order valence-electron chi connectivity index (χ1n) is 15.6. The van der Waals surface area contributed by atoms with Gasteiger partial charge in [0.25, 0.3) is 5.92 Å². The average molecular weight is 646 g/mol. The smallest absolute Gasteiger partial charge is 0.433 e. The molecule has 2 saturated heterocycles. The van der Waals surface area contributed by atoms with Gasteiger partial charge in [0, 0.05) is 80.0 Å². The second kappa shape index (κ2) is 11.8. The van der Waals surface area contributed by atoms with Crippen molar-refractivity contribution in [3.63, 3.8) is 0 Å². The fourth-order valence-electron chi connectivity index (χ4n) is 7.16. The summed E-state index contributed by atoms with van der Waals surface area (Å²) in [6.45, 7) is 2.36. The molecule has 1 aliphatic carbocycles. The van der Waals surface area contributed by atoms with Gasteiger partial charge >= 0.3 is 6.18 Å². The van der Waals surface area contributed by atoms with E-state index in [9.17, 15) is 22.0 Å². The van der Waals surface area contributed by atoms with E-state index in [2.05, 4.69) is 29.9 Å². The summed E-state index contributed by atoms with van der Waals surface area (Å²) in [6, 6.07) is 4.68. The molecule has 3 N–H and O–H groups in total. The monoisotopic (exact) mass is 645 g/mol. The third kappa shape index (κ3) is 6.45. The standard InChI is InChI=1S/C31H36F5N9O/c32-30(33)4-8-43(18-30)14-20-9-25(31(34,35)36)42-26(10-20)46-23-2-6-44(7-3-23)22-11-29(12-22,16-37)17-45-15-21(13-41-45)27-24-1-5-38-28(24)40-19-39-27/h1,5,9-10,13,15,19,22-23H,2-4,6-8,11-12,14,16-18,37H2,(H,38,39,40). The molecule has 0 radical (unpaired) electrons. The summed E-state index contributed by atoms with van der Waals surface area (Å²) in [6.07, 6.45) is 5.06. The van der Waals surface area contributed by atoms with Gasteiger partial charge in [0.05, 0.1) is 18.4 Å². The van der Waals surface area contributed by atoms with Crippen LogP contribution in [0.4, 0.5) is 22.0 Å². The van der Waals surface area contributed by atoms with E-state index in [1.165, 1.54) is 17.3 Å². The van der Waals surface area contributed by atoms with E-state index in [1.807, 2.05) is 29.3 Å². The van der Waals surface area contributed by atoms with Crippen LogP contribution in [-0.4, -0.2) is 90.3 Å². The molecule has 46 heavy (non-hydrogen) atoms. The van der Waals surface area contributed by atoms with Crippen LogP contribution in [0.3, 0.4) is 0 Å². The van der Waals surface area contributed by atoms with Crippen LogP contribution in [0.5, 0.6) is 5.88 Å². The van der Waals surface area contributed by atoms with Crippen LogP contribution in [0, 0.1) is 5.41 Å². The number of hydrogen-bond donors (Lipinski definition) is 2. The topological polar surface area (TPSA) is 114 Å². The molecular formula is C31H36F5N9O. The number of halogens is 5. The van der Waals surface area contributed by atoms with E-state index in [-0.39, 0.29) is 42.5 Å². The summed E-state index contributed by atoms with van der Waals surface area (Å²) < 4.78 is 76.1. The quantitative estimate of drug-likeness (QED) is 0.252. The molecule has 4 aromatic heterocycles. The lowest BCUT2D eigenvalue weighted by molar-refractivity contribution is -0.141. The number of piperidine rings is 1. The van der Waals surface area contributed by atoms with E-state index in [4.69, 9.17) is 10.5 Å². The molecule has 0 atom stereocenters. The van der Waals surface area contributed by atoms with Crippen molar-refractivity contribution in [2.24, 2.45) is 11.1 Å². The van der Waals surface area contributed by atoms with Crippen LogP contribution in [-0.2, 0) is 19.3 Å². The Labute approximate surface area is 262 Å². The van der Waals surface area contributed by atoms with Gasteiger partial charge < -0.3 is 20.4 Å². The second-order valence-corrected chi connectivity index (χ2v) is 13.0. The Kier molecular flexibility index (Phi) is 7.96. The number of aromatic nitrogens is 6. The van der Waals surface area contributed by atoms with Crippen molar-refractivity contribution in [1.29, 1.82) is 0 Å². The lowest BCUT2D eigenvalue weighted by Gasteiger charge is -2.52. The van der Waals surface area contributed by atoms with E-state index >= 15 is 0 Å². The van der Waals surface area contributed by atoms with Gasteiger partial charge in [0.1, 0.15) is 23.8 Å². The van der Waals surface area contributed by atoms with Gasteiger partial charge in [-0.05, 0) is 49.9 Å². The second-order valence-electron chi connectivity index (χ2n) is 13.0. The van der Waals surface area contributed by atoms with Crippen molar-refractivity contribution in [2.45, 2.75) is 69.4 Å². The number of likely N-dealkylation sites (tertiary alicyclic amines) is 2. The van der Waals surface area contributed by atoms with Crippen LogP contribution in [0.15, 0.2) is 43.1 Å². The molecule has 10 nitrogen and oxygen atoms in total. The van der Waals surface area contributed by atoms with Gasteiger partial charge in [-0.3, -0.25) is 9.58 Å². The molecule has 6 heterocycles. The van der Waals surface area contributed by atoms with Crippen molar-refractivity contribution in [1.82, 2.24) is 39.5 Å². The lowest BCUT2D eigenvalue weighted by Crippen LogP contribution is -2.57. The molecule has 2 aliphatic heterocycles. The van der Waals surface area contributed by atoms with Crippen molar-refractivity contribution < 1.29 is 26.7 Å². The maximum atomic E-state index is 13.6. The van der Waals surface area contributed by atoms with Crippen LogP contribution < -0.4 is 10.5 Å². The number of hydrogen-bond acceptors (Lipinski definition) is 8. The highest BCUT2D eigenvalue weighted by atomic mass is 19.4. The largest absolute Gasteiger partial charge is 0.474 e. The Morgan fingerprint density at radius 2 is 1.89 bits per heavy atom. The number of ether oxygens (including phenoxy) is 1. The third-order valence-corrected chi connectivity index (χ3v) is 9.62. The highest BCUT2D eigenvalue weighted by Gasteiger charge is 2.47. The van der Waals surface area contributed by atoms with Gasteiger partial charge in [-0.2, -0.15) is 18.3 Å². The maximum absolute atomic E-state index is 13.6. The van der Waals surface area contributed by atoms with E-state index in [1.54, 1.807) is 0 Å². The van der Waals surface area contributed by atoms with Gasteiger partial charge in [-0.15, -0.1) is 0 Å². The zero-order valence-corrected chi connectivity index (χ0v) is 25.2. The number of nitrogens with one attached hydrogen (secondary N) is 1. The van der Waals surface area contributed by atoms with Crippen LogP contribution in [0.1, 0.15) is 43.4 Å². The maximum Gasteiger partial charge on any atom is 0.433 e. The molecule has 0 amide bonds. The van der Waals surface area contributed by atoms with Gasteiger partial charge in [-0.1, -0.05) is 0 Å². The average Bonchev–Trinajstić information content (AvgIpc) is 3.74. The summed E-state index contributed by atoms with van der Waals surface area (Å²) in [5, 5.41) is 5.53. The number of aromatic amines is 1. The fraction of sp³-hybridized carbons (Fsp3) is 0.548. The van der Waals surface area contributed by atoms with Gasteiger partial charge in [0.2, 0.25) is 5.88 Å². The van der Waals surface area contributed by atoms with E-state index in [0.29, 0.717) is 32.0 Å². The predicted molar refractivity (Wildman–Crippen MR) is 159 cm³/mol. The van der Waals surface area contributed by atoms with Crippen molar-refractivity contribution in [3.05, 3.63) is 54.4 Å². The van der Waals surface area contributed by atoms with Crippen LogP contribution >= 0.6 is 0 Å². The molecule has 0 spiro atoms. The molecule has 3 fully saturated rings. The third-order valence-electron chi connectivity index (χ3n) is 9.62. The Bertz CT molecular complexity index is 1670. The number of pyridine rings is 1. The normalized spacial score (nSPS) is 24.4. The van der Waals surface area contributed by atoms with Crippen molar-refractivity contribution >= 4 is 11.0 Å². The fourth-order valence-corrected chi connectivity index (χ4v) is 7.16. The zero-order valence-electron chi connectivity index (χ0n) is 25.2. The number of nitrogens with two attached hydrogens (primary N) is 1. The summed E-state index contributed by atoms with van der Waals surface area (Å²) in [5.41, 5.74) is 7.91. The summed E-state index contributed by atoms with van der Waals surface area (Å²) in [5.74, 6) is -2.94. The minimum Gasteiger partial charge on any atom is -0.474 e. The molecule has 0 aromatic carbocycles. The number of fused-ring (bicyclic) bond motifs is 1. The number of nitrogens with zero attached hydrogens (tertiary/aromatic N) is 7. The predicted octanol–water partition coefficient (Wildman–Crippen LogP) is 4.73. The molecule has 246 valence electrons. The molecule has 0 bridgehead atoms. The minimum atomic E-state index is -4.67. The highest BCUT2D eigenvalue weighted by molar-refractivity contribution is 5.89. The van der Waals surface area contributed by atoms with Gasteiger partial charge in [0.15, 0.2) is 0 Å². The van der Waals surface area contributed by atoms with Crippen molar-refractivity contribution in [2.75, 3.05) is 32.7 Å². The molecule has 3 aliphatic rings. The Balaban J connectivity index is 0.938. The molecule has 0 unspecified atom stereocenters. The van der Waals surface area contributed by atoms with Gasteiger partial charge in [-0.25, -0.2) is 23.7 Å². The molecule has 15 heteroatoms. The van der Waals surface area contributed by atoms with E-state index in [0.717, 1.165) is 54.3 Å². The van der Waals surface area contributed by atoms with Crippen LogP contribution in [0.2, 0.25) is 0 Å². The number of rotatable bonds is 9. The van der Waals surface area contributed by atoms with Crippen LogP contribution in [0.25, 0.3) is 22.3 Å². The van der Waals surface area contributed by atoms with E-state index < -0.39 is 24.3 Å². The lowest BCUT2D eigenvalue weighted by atomic mass is 9.64. The number of H-pyrrole nitrogens is 1.